The summed E-state index contributed by atoms with van der Waals surface area (Å²) in [6, 6.07) is 0. The smallest absolute Gasteiger partial charge is 0.109 e. The van der Waals surface area contributed by atoms with E-state index in [9.17, 15) is 0 Å². The van der Waals surface area contributed by atoms with E-state index in [0.29, 0.717) is 11.3 Å². The first-order valence-corrected chi connectivity index (χ1v) is 7.85. The van der Waals surface area contributed by atoms with Crippen molar-refractivity contribution in [2.75, 3.05) is 6.54 Å². The number of imidazole rings is 1. The molecular formula is C16H27N3. The minimum Gasteiger partial charge on any atom is -0.331 e. The van der Waals surface area contributed by atoms with Crippen LogP contribution < -0.4 is 5.32 Å². The molecule has 0 radical (unpaired) electrons. The van der Waals surface area contributed by atoms with E-state index in [0.717, 1.165) is 25.9 Å². The summed E-state index contributed by atoms with van der Waals surface area (Å²) >= 11 is 0. The van der Waals surface area contributed by atoms with Gasteiger partial charge in [0.2, 0.25) is 0 Å². The van der Waals surface area contributed by atoms with Crippen molar-refractivity contribution in [2.24, 2.45) is 11.3 Å². The molecule has 0 bridgehead atoms. The number of fused-ring (bicyclic) bond motifs is 1. The molecule has 0 unspecified atom stereocenters. The van der Waals surface area contributed by atoms with Gasteiger partial charge in [-0.3, -0.25) is 0 Å². The number of aromatic nitrogens is 2. The molecule has 3 rings (SSSR count). The molecule has 2 aliphatic rings. The highest BCUT2D eigenvalue weighted by Gasteiger charge is 2.34. The fourth-order valence-corrected chi connectivity index (χ4v) is 3.45. The van der Waals surface area contributed by atoms with Crippen molar-refractivity contribution in [3.8, 4) is 0 Å². The number of rotatable bonds is 4. The van der Waals surface area contributed by atoms with Gasteiger partial charge in [-0.1, -0.05) is 27.2 Å². The summed E-state index contributed by atoms with van der Waals surface area (Å²) in [4.78, 5) is 4.93. The Balaban J connectivity index is 1.91. The number of nitrogens with zero attached hydrogens (tertiary/aromatic N) is 2. The molecule has 106 valence electrons. The molecule has 2 heterocycles. The second kappa shape index (κ2) is 4.93. The van der Waals surface area contributed by atoms with Gasteiger partial charge in [-0.05, 0) is 24.2 Å². The van der Waals surface area contributed by atoms with Crippen LogP contribution in [0, 0.1) is 11.3 Å². The van der Waals surface area contributed by atoms with Crippen LogP contribution in [0.2, 0.25) is 0 Å². The lowest BCUT2D eigenvalue weighted by atomic mass is 9.70. The van der Waals surface area contributed by atoms with E-state index in [-0.39, 0.29) is 0 Å². The van der Waals surface area contributed by atoms with Gasteiger partial charge < -0.3 is 9.88 Å². The van der Waals surface area contributed by atoms with E-state index >= 15 is 0 Å². The summed E-state index contributed by atoms with van der Waals surface area (Å²) < 4.78 is 2.58. The number of hydrogen-bond donors (Lipinski definition) is 1. The Morgan fingerprint density at radius 3 is 2.79 bits per heavy atom. The van der Waals surface area contributed by atoms with Crippen LogP contribution in [0.15, 0.2) is 0 Å². The minimum absolute atomic E-state index is 0.533. The quantitative estimate of drug-likeness (QED) is 0.903. The first-order valence-electron chi connectivity index (χ1n) is 7.85. The van der Waals surface area contributed by atoms with Gasteiger partial charge in [-0.25, -0.2) is 4.98 Å². The van der Waals surface area contributed by atoms with Gasteiger partial charge in [0.1, 0.15) is 5.82 Å². The average Bonchev–Trinajstić information content (AvgIpc) is 2.65. The maximum Gasteiger partial charge on any atom is 0.109 e. The Labute approximate surface area is 116 Å². The van der Waals surface area contributed by atoms with E-state index in [1.165, 1.54) is 43.0 Å². The monoisotopic (exact) mass is 261 g/mol. The molecule has 0 atom stereocenters. The van der Waals surface area contributed by atoms with Gasteiger partial charge >= 0.3 is 0 Å². The van der Waals surface area contributed by atoms with Crippen molar-refractivity contribution in [3.05, 3.63) is 17.2 Å². The highest BCUT2D eigenvalue weighted by Crippen LogP contribution is 2.42. The van der Waals surface area contributed by atoms with Gasteiger partial charge in [0.05, 0.1) is 5.69 Å². The zero-order valence-corrected chi connectivity index (χ0v) is 12.6. The van der Waals surface area contributed by atoms with Gasteiger partial charge in [0.25, 0.3) is 0 Å². The molecule has 1 aliphatic heterocycles. The molecule has 3 nitrogen and oxygen atoms in total. The van der Waals surface area contributed by atoms with E-state index in [2.05, 4.69) is 30.7 Å². The zero-order valence-electron chi connectivity index (χ0n) is 12.6. The molecule has 1 aromatic rings. The van der Waals surface area contributed by atoms with Crippen LogP contribution >= 0.6 is 0 Å². The van der Waals surface area contributed by atoms with E-state index < -0.39 is 0 Å². The predicted octanol–water partition coefficient (Wildman–Crippen LogP) is 2.92. The van der Waals surface area contributed by atoms with Crippen molar-refractivity contribution < 1.29 is 0 Å². The van der Waals surface area contributed by atoms with Crippen LogP contribution in [-0.4, -0.2) is 16.1 Å². The third-order valence-corrected chi connectivity index (χ3v) is 4.76. The van der Waals surface area contributed by atoms with Gasteiger partial charge in [-0.2, -0.15) is 0 Å². The van der Waals surface area contributed by atoms with Crippen LogP contribution in [0.1, 0.15) is 57.2 Å². The molecule has 0 aromatic carbocycles. The summed E-state index contributed by atoms with van der Waals surface area (Å²) in [6.07, 6.45) is 6.45. The zero-order chi connectivity index (χ0) is 13.5. The van der Waals surface area contributed by atoms with E-state index in [4.69, 9.17) is 4.98 Å². The Morgan fingerprint density at radius 1 is 1.37 bits per heavy atom. The summed E-state index contributed by atoms with van der Waals surface area (Å²) in [5.41, 5.74) is 3.36. The maximum atomic E-state index is 4.93. The lowest BCUT2D eigenvalue weighted by Crippen LogP contribution is -2.33. The molecule has 1 fully saturated rings. The van der Waals surface area contributed by atoms with Crippen LogP contribution in [0.5, 0.6) is 0 Å². The maximum absolute atomic E-state index is 4.93. The summed E-state index contributed by atoms with van der Waals surface area (Å²) in [6.45, 7) is 10.3. The summed E-state index contributed by atoms with van der Waals surface area (Å²) in [7, 11) is 0. The second-order valence-electron chi connectivity index (χ2n) is 7.20. The molecule has 0 amide bonds. The molecule has 19 heavy (non-hydrogen) atoms. The number of nitrogens with one attached hydrogen (secondary N) is 1. The third-order valence-electron chi connectivity index (χ3n) is 4.76. The normalized spacial score (nSPS) is 21.3. The molecule has 1 aliphatic carbocycles. The topological polar surface area (TPSA) is 29.9 Å². The molecule has 1 aromatic heterocycles. The predicted molar refractivity (Wildman–Crippen MR) is 78.1 cm³/mol. The summed E-state index contributed by atoms with van der Waals surface area (Å²) in [5, 5.41) is 3.45. The molecule has 1 N–H and O–H groups in total. The van der Waals surface area contributed by atoms with Gasteiger partial charge in [0, 0.05) is 38.2 Å². The second-order valence-corrected chi connectivity index (χ2v) is 7.20. The third kappa shape index (κ3) is 2.58. The van der Waals surface area contributed by atoms with E-state index in [1.54, 1.807) is 0 Å². The lowest BCUT2D eigenvalue weighted by molar-refractivity contribution is 0.128. The molecule has 0 spiro atoms. The van der Waals surface area contributed by atoms with Crippen LogP contribution in [0.25, 0.3) is 0 Å². The van der Waals surface area contributed by atoms with E-state index in [1.807, 2.05) is 0 Å². The molecule has 0 saturated heterocycles. The number of hydrogen-bond acceptors (Lipinski definition) is 2. The van der Waals surface area contributed by atoms with Crippen LogP contribution in [0.4, 0.5) is 0 Å². The van der Waals surface area contributed by atoms with Gasteiger partial charge in [-0.15, -0.1) is 0 Å². The molecular weight excluding hydrogens is 234 g/mol. The minimum atomic E-state index is 0.533. The van der Waals surface area contributed by atoms with Crippen molar-refractivity contribution in [1.82, 2.24) is 14.9 Å². The Hall–Kier alpha value is -0.830. The fourth-order valence-electron chi connectivity index (χ4n) is 3.45. The average molecular weight is 261 g/mol. The largest absolute Gasteiger partial charge is 0.331 e. The fraction of sp³-hybridized carbons (Fsp3) is 0.812. The Morgan fingerprint density at radius 2 is 2.16 bits per heavy atom. The van der Waals surface area contributed by atoms with Crippen LogP contribution in [0.3, 0.4) is 0 Å². The Bertz CT molecular complexity index is 455. The first-order chi connectivity index (χ1) is 9.07. The van der Waals surface area contributed by atoms with Crippen LogP contribution in [-0.2, 0) is 25.9 Å². The van der Waals surface area contributed by atoms with Crippen molar-refractivity contribution >= 4 is 0 Å². The highest BCUT2D eigenvalue weighted by molar-refractivity contribution is 5.21. The van der Waals surface area contributed by atoms with Crippen molar-refractivity contribution in [2.45, 2.75) is 66.0 Å². The highest BCUT2D eigenvalue weighted by atomic mass is 15.1. The SMILES string of the molecule is CC(C)Cc1nc2c(n1CC1(C)CCC1)CCNC2. The Kier molecular flexibility index (Phi) is 3.42. The standard InChI is InChI=1S/C16H27N3/c1-12(2)9-15-18-13-10-17-8-5-14(13)19(15)11-16(3)6-4-7-16/h12,17H,4-11H2,1-3H3. The molecule has 1 saturated carbocycles. The lowest BCUT2D eigenvalue weighted by Gasteiger charge is -2.39. The van der Waals surface area contributed by atoms with Crippen molar-refractivity contribution in [3.63, 3.8) is 0 Å². The van der Waals surface area contributed by atoms with Gasteiger partial charge in [0.15, 0.2) is 0 Å². The van der Waals surface area contributed by atoms with Crippen molar-refractivity contribution in [1.29, 1.82) is 0 Å². The first kappa shape index (κ1) is 13.2. The molecule has 3 heteroatoms. The summed E-state index contributed by atoms with van der Waals surface area (Å²) in [5.74, 6) is 2.02.